The quantitative estimate of drug-likeness (QED) is 0.524. The molecular formula is C19H16N6O. The Morgan fingerprint density at radius 3 is 2.81 bits per heavy atom. The number of nitrogen functional groups attached to an aromatic ring is 2. The van der Waals surface area contributed by atoms with Crippen molar-refractivity contribution in [1.29, 1.82) is 0 Å². The fourth-order valence-corrected chi connectivity index (χ4v) is 2.92. The number of carbonyl (C=O) groups excluding carboxylic acids is 1. The van der Waals surface area contributed by atoms with Gasteiger partial charge in [-0.2, -0.15) is 4.98 Å². The first-order chi connectivity index (χ1) is 12.6. The molecule has 0 atom stereocenters. The summed E-state index contributed by atoms with van der Waals surface area (Å²) in [6, 6.07) is 13.0. The van der Waals surface area contributed by atoms with E-state index in [1.165, 1.54) is 0 Å². The van der Waals surface area contributed by atoms with Gasteiger partial charge in [0, 0.05) is 35.3 Å². The van der Waals surface area contributed by atoms with Crippen molar-refractivity contribution in [2.45, 2.75) is 6.54 Å². The van der Waals surface area contributed by atoms with Crippen molar-refractivity contribution in [2.75, 3.05) is 11.5 Å². The van der Waals surface area contributed by atoms with Gasteiger partial charge < -0.3 is 16.8 Å². The van der Waals surface area contributed by atoms with E-state index < -0.39 is 0 Å². The Labute approximate surface area is 149 Å². The lowest BCUT2D eigenvalue weighted by molar-refractivity contribution is 0.0952. The zero-order chi connectivity index (χ0) is 18.1. The number of nitrogens with zero attached hydrogens (tertiary/aromatic N) is 3. The molecule has 26 heavy (non-hydrogen) atoms. The van der Waals surface area contributed by atoms with Crippen LogP contribution in [0.25, 0.3) is 21.7 Å². The molecule has 2 aromatic carbocycles. The molecule has 0 saturated heterocycles. The van der Waals surface area contributed by atoms with Crippen LogP contribution >= 0.6 is 0 Å². The second-order valence-electron chi connectivity index (χ2n) is 5.90. The first-order valence-corrected chi connectivity index (χ1v) is 8.04. The molecule has 0 saturated carbocycles. The van der Waals surface area contributed by atoms with Gasteiger partial charge in [-0.3, -0.25) is 9.78 Å². The van der Waals surface area contributed by atoms with Gasteiger partial charge >= 0.3 is 0 Å². The van der Waals surface area contributed by atoms with Crippen molar-refractivity contribution in [2.24, 2.45) is 0 Å². The average Bonchev–Trinajstić information content (AvgIpc) is 2.65. The molecule has 5 N–H and O–H groups in total. The molecule has 4 rings (SSSR count). The Morgan fingerprint density at radius 2 is 1.92 bits per heavy atom. The Balaban J connectivity index is 1.58. The molecule has 7 nitrogen and oxygen atoms in total. The molecule has 0 bridgehead atoms. The number of hydrogen-bond acceptors (Lipinski definition) is 6. The molecule has 0 radical (unpaired) electrons. The minimum Gasteiger partial charge on any atom is -0.383 e. The number of carbonyl (C=O) groups is 1. The number of hydrogen-bond donors (Lipinski definition) is 3. The highest BCUT2D eigenvalue weighted by atomic mass is 16.1. The fourth-order valence-electron chi connectivity index (χ4n) is 2.92. The Morgan fingerprint density at radius 1 is 1.04 bits per heavy atom. The summed E-state index contributed by atoms with van der Waals surface area (Å²) in [4.78, 5) is 24.8. The van der Waals surface area contributed by atoms with Gasteiger partial charge in [0.1, 0.15) is 5.82 Å². The van der Waals surface area contributed by atoms with Gasteiger partial charge in [-0.15, -0.1) is 0 Å². The maximum Gasteiger partial charge on any atom is 0.252 e. The lowest BCUT2D eigenvalue weighted by Gasteiger charge is -2.09. The van der Waals surface area contributed by atoms with E-state index in [1.807, 2.05) is 36.4 Å². The summed E-state index contributed by atoms with van der Waals surface area (Å²) >= 11 is 0. The van der Waals surface area contributed by atoms with Gasteiger partial charge in [-0.1, -0.05) is 18.2 Å². The third kappa shape index (κ3) is 2.86. The van der Waals surface area contributed by atoms with Crippen LogP contribution in [0.2, 0.25) is 0 Å². The lowest BCUT2D eigenvalue weighted by Crippen LogP contribution is -2.23. The van der Waals surface area contributed by atoms with Gasteiger partial charge in [0.2, 0.25) is 5.95 Å². The van der Waals surface area contributed by atoms with Gasteiger partial charge in [0.25, 0.3) is 5.91 Å². The number of anilines is 2. The van der Waals surface area contributed by atoms with Crippen LogP contribution < -0.4 is 16.8 Å². The summed E-state index contributed by atoms with van der Waals surface area (Å²) in [5, 5.41) is 5.45. The molecule has 0 fully saturated rings. The first-order valence-electron chi connectivity index (χ1n) is 8.04. The monoisotopic (exact) mass is 344 g/mol. The Bertz CT molecular complexity index is 1140. The highest BCUT2D eigenvalue weighted by Gasteiger charge is 2.10. The Hall–Kier alpha value is -3.74. The topological polar surface area (TPSA) is 120 Å². The van der Waals surface area contributed by atoms with E-state index in [0.717, 1.165) is 21.7 Å². The SMILES string of the molecule is Nc1nc(N)c2ccc(CNC(=O)c3cccc4ccncc34)cc2n1. The molecule has 7 heteroatoms. The standard InChI is InChI=1S/C19H16N6O/c20-17-14-5-4-11(8-16(14)24-19(21)25-17)9-23-18(26)13-3-1-2-12-6-7-22-10-15(12)13/h1-8,10H,9H2,(H,23,26)(H4,20,21,24,25). The van der Waals surface area contributed by atoms with Crippen LogP contribution in [0, 0.1) is 0 Å². The number of nitrogens with two attached hydrogens (primary N) is 2. The number of amides is 1. The molecule has 4 aromatic rings. The van der Waals surface area contributed by atoms with Crippen molar-refractivity contribution in [1.82, 2.24) is 20.3 Å². The highest BCUT2D eigenvalue weighted by molar-refractivity contribution is 6.06. The van der Waals surface area contributed by atoms with Crippen LogP contribution in [0.5, 0.6) is 0 Å². The predicted octanol–water partition coefficient (Wildman–Crippen LogP) is 2.27. The third-order valence-electron chi connectivity index (χ3n) is 4.19. The molecule has 0 aliphatic carbocycles. The number of pyridine rings is 1. The third-order valence-corrected chi connectivity index (χ3v) is 4.19. The lowest BCUT2D eigenvalue weighted by atomic mass is 10.1. The maximum atomic E-state index is 12.6. The molecule has 0 aliphatic heterocycles. The van der Waals surface area contributed by atoms with Crippen LogP contribution in [0.1, 0.15) is 15.9 Å². The summed E-state index contributed by atoms with van der Waals surface area (Å²) in [7, 11) is 0. The minimum absolute atomic E-state index is 0.124. The normalized spacial score (nSPS) is 10.9. The molecule has 0 spiro atoms. The number of nitrogens with one attached hydrogen (secondary N) is 1. The summed E-state index contributed by atoms with van der Waals surface area (Å²) in [6.45, 7) is 0.356. The summed E-state index contributed by atoms with van der Waals surface area (Å²) in [5.74, 6) is 0.302. The van der Waals surface area contributed by atoms with Crippen LogP contribution in [0.3, 0.4) is 0 Å². The number of benzene rings is 2. The molecule has 128 valence electrons. The maximum absolute atomic E-state index is 12.6. The second-order valence-corrected chi connectivity index (χ2v) is 5.90. The van der Waals surface area contributed by atoms with E-state index in [2.05, 4.69) is 20.3 Å². The van der Waals surface area contributed by atoms with Crippen LogP contribution in [-0.4, -0.2) is 20.9 Å². The molecule has 0 unspecified atom stereocenters. The highest BCUT2D eigenvalue weighted by Crippen LogP contribution is 2.20. The van der Waals surface area contributed by atoms with E-state index in [9.17, 15) is 4.79 Å². The van der Waals surface area contributed by atoms with Crippen molar-refractivity contribution in [3.63, 3.8) is 0 Å². The van der Waals surface area contributed by atoms with Crippen molar-refractivity contribution < 1.29 is 4.79 Å². The Kier molecular flexibility index (Phi) is 3.81. The van der Waals surface area contributed by atoms with Gasteiger partial charge in [-0.05, 0) is 35.2 Å². The zero-order valence-electron chi connectivity index (χ0n) is 13.8. The molecule has 0 aliphatic rings. The molecule has 1 amide bonds. The van der Waals surface area contributed by atoms with Crippen molar-refractivity contribution >= 4 is 39.3 Å². The average molecular weight is 344 g/mol. The molecular weight excluding hydrogens is 328 g/mol. The fraction of sp³-hybridized carbons (Fsp3) is 0.0526. The number of fused-ring (bicyclic) bond motifs is 2. The summed E-state index contributed by atoms with van der Waals surface area (Å²) < 4.78 is 0. The molecule has 2 aromatic heterocycles. The minimum atomic E-state index is -0.162. The first kappa shape index (κ1) is 15.8. The van der Waals surface area contributed by atoms with E-state index in [4.69, 9.17) is 11.5 Å². The smallest absolute Gasteiger partial charge is 0.252 e. The van der Waals surface area contributed by atoms with E-state index >= 15 is 0 Å². The summed E-state index contributed by atoms with van der Waals surface area (Å²) in [5.41, 5.74) is 13.6. The van der Waals surface area contributed by atoms with Gasteiger partial charge in [-0.25, -0.2) is 4.98 Å². The largest absolute Gasteiger partial charge is 0.383 e. The van der Waals surface area contributed by atoms with E-state index in [-0.39, 0.29) is 11.9 Å². The second kappa shape index (κ2) is 6.29. The van der Waals surface area contributed by atoms with Crippen molar-refractivity contribution in [3.8, 4) is 0 Å². The van der Waals surface area contributed by atoms with Gasteiger partial charge in [0.15, 0.2) is 0 Å². The van der Waals surface area contributed by atoms with Gasteiger partial charge in [0.05, 0.1) is 5.52 Å². The zero-order valence-corrected chi connectivity index (χ0v) is 13.8. The van der Waals surface area contributed by atoms with Crippen molar-refractivity contribution in [3.05, 3.63) is 66.0 Å². The predicted molar refractivity (Wildman–Crippen MR) is 101 cm³/mol. The van der Waals surface area contributed by atoms with Crippen LogP contribution in [0.4, 0.5) is 11.8 Å². The summed E-state index contributed by atoms with van der Waals surface area (Å²) in [6.07, 6.45) is 3.40. The van der Waals surface area contributed by atoms with E-state index in [0.29, 0.717) is 23.4 Å². The molecule has 2 heterocycles. The number of aromatic nitrogens is 3. The van der Waals surface area contributed by atoms with Crippen LogP contribution in [-0.2, 0) is 6.54 Å². The number of rotatable bonds is 3. The van der Waals surface area contributed by atoms with Crippen LogP contribution in [0.15, 0.2) is 54.9 Å². The van der Waals surface area contributed by atoms with E-state index in [1.54, 1.807) is 18.5 Å².